The zero-order chi connectivity index (χ0) is 33.0. The summed E-state index contributed by atoms with van der Waals surface area (Å²) in [5, 5.41) is 9.22. The van der Waals surface area contributed by atoms with Crippen LogP contribution in [0.2, 0.25) is 0 Å². The van der Waals surface area contributed by atoms with Crippen LogP contribution in [0.3, 0.4) is 0 Å². The molecule has 0 bridgehead atoms. The first-order valence-corrected chi connectivity index (χ1v) is 16.8. The Kier molecular flexibility index (Phi) is 6.46. The van der Waals surface area contributed by atoms with Crippen LogP contribution in [0.25, 0.3) is 76.8 Å². The second-order valence-electron chi connectivity index (χ2n) is 12.7. The zero-order valence-electron chi connectivity index (χ0n) is 27.0. The van der Waals surface area contributed by atoms with Gasteiger partial charge in [-0.05, 0) is 82.2 Å². The van der Waals surface area contributed by atoms with Crippen LogP contribution in [0.15, 0.2) is 181 Å². The van der Waals surface area contributed by atoms with Crippen LogP contribution < -0.4 is 4.90 Å². The Morgan fingerprint density at radius 1 is 0.360 bits per heavy atom. The highest BCUT2D eigenvalue weighted by Gasteiger charge is 2.17. The molecule has 0 spiro atoms. The first-order valence-electron chi connectivity index (χ1n) is 16.8. The van der Waals surface area contributed by atoms with Crippen LogP contribution in [0.4, 0.5) is 17.1 Å². The minimum atomic E-state index is 0.853. The number of hydrogen-bond donors (Lipinski definition) is 0. The Bertz CT molecular complexity index is 2750. The van der Waals surface area contributed by atoms with E-state index in [-0.39, 0.29) is 0 Å². The van der Waals surface area contributed by atoms with Gasteiger partial charge >= 0.3 is 0 Å². The molecule has 0 saturated heterocycles. The lowest BCUT2D eigenvalue weighted by molar-refractivity contribution is 0.669. The zero-order valence-corrected chi connectivity index (χ0v) is 27.0. The van der Waals surface area contributed by atoms with Gasteiger partial charge in [0.15, 0.2) is 0 Å². The summed E-state index contributed by atoms with van der Waals surface area (Å²) in [5.74, 6) is 0. The monoisotopic (exact) mass is 639 g/mol. The van der Waals surface area contributed by atoms with E-state index in [9.17, 15) is 0 Å². The molecule has 0 fully saturated rings. The van der Waals surface area contributed by atoms with Crippen LogP contribution in [0, 0.1) is 0 Å². The van der Waals surface area contributed by atoms with Gasteiger partial charge in [-0.2, -0.15) is 0 Å². The van der Waals surface area contributed by atoms with E-state index in [0.29, 0.717) is 0 Å². The molecule has 0 atom stereocenters. The fourth-order valence-corrected chi connectivity index (χ4v) is 7.08. The lowest BCUT2D eigenvalue weighted by Gasteiger charge is -2.26. The molecule has 0 aliphatic rings. The summed E-state index contributed by atoms with van der Waals surface area (Å²) in [6, 6.07) is 57.5. The van der Waals surface area contributed by atoms with E-state index in [1.807, 2.05) is 24.5 Å². The van der Waals surface area contributed by atoms with Crippen LogP contribution in [-0.2, 0) is 0 Å². The smallest absolute Gasteiger partial charge is 0.137 e. The predicted octanol–water partition coefficient (Wildman–Crippen LogP) is 12.6. The van der Waals surface area contributed by atoms with Gasteiger partial charge in [0.2, 0.25) is 0 Å². The van der Waals surface area contributed by atoms with Crippen LogP contribution in [-0.4, -0.2) is 9.97 Å². The standard InChI is InChI=1S/C46H29N3O/c1-2-10-35-26-45-42(23-32(35)7-1)41-22-21-40(27-46(41)50-45)49(38-17-13-30(14-18-38)43-24-33-8-3-5-11-36(33)28-47-43)39-19-15-31(16-20-39)44-25-34-9-4-6-12-37(34)29-48-44/h1-29H. The van der Waals surface area contributed by atoms with Crippen molar-refractivity contribution in [2.75, 3.05) is 4.90 Å². The fourth-order valence-electron chi connectivity index (χ4n) is 7.08. The molecular formula is C46H29N3O. The van der Waals surface area contributed by atoms with E-state index in [1.165, 1.54) is 21.5 Å². The molecular weight excluding hydrogens is 611 g/mol. The van der Waals surface area contributed by atoms with E-state index in [2.05, 4.69) is 157 Å². The van der Waals surface area contributed by atoms with Gasteiger partial charge in [0.05, 0.1) is 11.4 Å². The average Bonchev–Trinajstić information content (AvgIpc) is 3.53. The Morgan fingerprint density at radius 3 is 1.34 bits per heavy atom. The van der Waals surface area contributed by atoms with Gasteiger partial charge in [0.1, 0.15) is 11.2 Å². The summed E-state index contributed by atoms with van der Waals surface area (Å²) < 4.78 is 6.50. The number of furan rings is 1. The molecule has 10 rings (SSSR count). The molecule has 10 aromatic rings. The van der Waals surface area contributed by atoms with Crippen molar-refractivity contribution in [1.82, 2.24) is 9.97 Å². The molecule has 0 saturated carbocycles. The van der Waals surface area contributed by atoms with Crippen molar-refractivity contribution in [2.24, 2.45) is 0 Å². The molecule has 7 aromatic carbocycles. The van der Waals surface area contributed by atoms with Gasteiger partial charge in [-0.3, -0.25) is 9.97 Å². The van der Waals surface area contributed by atoms with Crippen molar-refractivity contribution >= 4 is 71.3 Å². The SMILES string of the molecule is c1ccc2cc(-c3ccc(N(c4ccc(-c5cc6ccccc6cn5)cc4)c4ccc5c(c4)oc4cc6ccccc6cc45)cc3)ncc2c1. The first kappa shape index (κ1) is 28.3. The topological polar surface area (TPSA) is 42.2 Å². The highest BCUT2D eigenvalue weighted by Crippen LogP contribution is 2.40. The Hall–Kier alpha value is -6.78. The number of anilines is 3. The maximum Gasteiger partial charge on any atom is 0.137 e. The minimum absolute atomic E-state index is 0.853. The Labute approximate surface area is 288 Å². The summed E-state index contributed by atoms with van der Waals surface area (Å²) in [7, 11) is 0. The van der Waals surface area contributed by atoms with Gasteiger partial charge in [0, 0.05) is 68.2 Å². The van der Waals surface area contributed by atoms with Crippen LogP contribution in [0.5, 0.6) is 0 Å². The van der Waals surface area contributed by atoms with Crippen molar-refractivity contribution in [3.63, 3.8) is 0 Å². The minimum Gasteiger partial charge on any atom is -0.456 e. The number of nitrogens with zero attached hydrogens (tertiary/aromatic N) is 3. The normalized spacial score (nSPS) is 11.6. The number of aromatic nitrogens is 2. The molecule has 0 radical (unpaired) electrons. The summed E-state index contributed by atoms with van der Waals surface area (Å²) in [5.41, 5.74) is 8.85. The third-order valence-corrected chi connectivity index (χ3v) is 9.69. The highest BCUT2D eigenvalue weighted by atomic mass is 16.3. The van der Waals surface area contributed by atoms with Gasteiger partial charge in [0.25, 0.3) is 0 Å². The lowest BCUT2D eigenvalue weighted by Crippen LogP contribution is -2.09. The van der Waals surface area contributed by atoms with Gasteiger partial charge in [-0.25, -0.2) is 0 Å². The highest BCUT2D eigenvalue weighted by molar-refractivity contribution is 6.10. The van der Waals surface area contributed by atoms with Crippen molar-refractivity contribution in [2.45, 2.75) is 0 Å². The summed E-state index contributed by atoms with van der Waals surface area (Å²) >= 11 is 0. The van der Waals surface area contributed by atoms with E-state index in [1.54, 1.807) is 0 Å². The summed E-state index contributed by atoms with van der Waals surface area (Å²) in [4.78, 5) is 11.8. The molecule has 0 amide bonds. The number of benzene rings is 7. The largest absolute Gasteiger partial charge is 0.456 e. The van der Waals surface area contributed by atoms with Crippen molar-refractivity contribution in [1.29, 1.82) is 0 Å². The maximum atomic E-state index is 6.50. The van der Waals surface area contributed by atoms with Crippen molar-refractivity contribution in [3.05, 3.63) is 176 Å². The van der Waals surface area contributed by atoms with E-state index >= 15 is 0 Å². The molecule has 4 nitrogen and oxygen atoms in total. The van der Waals surface area contributed by atoms with E-state index in [0.717, 1.165) is 72.3 Å². The summed E-state index contributed by atoms with van der Waals surface area (Å²) in [6.07, 6.45) is 3.89. The molecule has 0 aliphatic carbocycles. The van der Waals surface area contributed by atoms with E-state index < -0.39 is 0 Å². The molecule has 3 aromatic heterocycles. The molecule has 0 unspecified atom stereocenters. The quantitative estimate of drug-likeness (QED) is 0.188. The van der Waals surface area contributed by atoms with Gasteiger partial charge < -0.3 is 9.32 Å². The third kappa shape index (κ3) is 4.85. The third-order valence-electron chi connectivity index (χ3n) is 9.69. The van der Waals surface area contributed by atoms with Crippen LogP contribution >= 0.6 is 0 Å². The average molecular weight is 640 g/mol. The second kappa shape index (κ2) is 11.4. The Morgan fingerprint density at radius 2 is 0.800 bits per heavy atom. The fraction of sp³-hybridized carbons (Fsp3) is 0. The van der Waals surface area contributed by atoms with Gasteiger partial charge in [-0.15, -0.1) is 0 Å². The summed E-state index contributed by atoms with van der Waals surface area (Å²) in [6.45, 7) is 0. The number of fused-ring (bicyclic) bond motifs is 6. The molecule has 3 heterocycles. The molecule has 4 heteroatoms. The van der Waals surface area contributed by atoms with Crippen molar-refractivity contribution in [3.8, 4) is 22.5 Å². The predicted molar refractivity (Wildman–Crippen MR) is 207 cm³/mol. The number of pyridine rings is 2. The molecule has 0 N–H and O–H groups in total. The number of hydrogen-bond acceptors (Lipinski definition) is 4. The lowest BCUT2D eigenvalue weighted by atomic mass is 10.0. The maximum absolute atomic E-state index is 6.50. The van der Waals surface area contributed by atoms with Gasteiger partial charge in [-0.1, -0.05) is 97.1 Å². The second-order valence-corrected chi connectivity index (χ2v) is 12.7. The Balaban J connectivity index is 1.08. The first-order chi connectivity index (χ1) is 24.7. The van der Waals surface area contributed by atoms with Crippen molar-refractivity contribution < 1.29 is 4.42 Å². The molecule has 0 aliphatic heterocycles. The molecule has 234 valence electrons. The van der Waals surface area contributed by atoms with Crippen LogP contribution in [0.1, 0.15) is 0 Å². The number of rotatable bonds is 5. The molecule has 50 heavy (non-hydrogen) atoms. The van der Waals surface area contributed by atoms with E-state index in [4.69, 9.17) is 14.4 Å².